The molecule has 0 saturated heterocycles. The third kappa shape index (κ3) is 2.36. The molecule has 20 heavy (non-hydrogen) atoms. The minimum atomic E-state index is -0.402. The number of nitrogen functional groups attached to an aromatic ring is 1. The number of nitrogens with two attached hydrogens (primary N) is 1. The van der Waals surface area contributed by atoms with Crippen molar-refractivity contribution >= 4 is 34.0 Å². The van der Waals surface area contributed by atoms with Gasteiger partial charge in [0.2, 0.25) is 5.91 Å². The van der Waals surface area contributed by atoms with Crippen LogP contribution in [-0.4, -0.2) is 10.9 Å². The summed E-state index contributed by atoms with van der Waals surface area (Å²) in [6.07, 6.45) is 0.250. The fraction of sp³-hybridized carbons (Fsp3) is 0.231. The molecule has 1 aliphatic rings. The summed E-state index contributed by atoms with van der Waals surface area (Å²) in [5, 5.41) is 3.54. The van der Waals surface area contributed by atoms with Crippen molar-refractivity contribution in [2.45, 2.75) is 18.9 Å². The van der Waals surface area contributed by atoms with Gasteiger partial charge in [0, 0.05) is 22.2 Å². The Labute approximate surface area is 123 Å². The van der Waals surface area contributed by atoms with E-state index in [0.29, 0.717) is 16.7 Å². The molecule has 3 N–H and O–H groups in total. The molecule has 0 aliphatic carbocycles. The van der Waals surface area contributed by atoms with E-state index >= 15 is 0 Å². The summed E-state index contributed by atoms with van der Waals surface area (Å²) in [6, 6.07) is 4.21. The molecular formula is C13H11ClFN3OS. The van der Waals surface area contributed by atoms with E-state index in [1.165, 1.54) is 23.5 Å². The van der Waals surface area contributed by atoms with Crippen molar-refractivity contribution < 1.29 is 9.18 Å². The van der Waals surface area contributed by atoms with E-state index in [4.69, 9.17) is 17.3 Å². The van der Waals surface area contributed by atoms with Crippen LogP contribution in [0.25, 0.3) is 0 Å². The highest BCUT2D eigenvalue weighted by molar-refractivity contribution is 7.15. The lowest BCUT2D eigenvalue weighted by Crippen LogP contribution is -2.21. The number of carbonyl (C=O) groups excluding carboxylic acids is 1. The maximum absolute atomic E-state index is 13.2. The number of hydrogen-bond donors (Lipinski definition) is 2. The highest BCUT2D eigenvalue weighted by atomic mass is 35.5. The lowest BCUT2D eigenvalue weighted by Gasteiger charge is -2.15. The molecule has 1 aromatic carbocycles. The van der Waals surface area contributed by atoms with Gasteiger partial charge in [-0.25, -0.2) is 9.37 Å². The summed E-state index contributed by atoms with van der Waals surface area (Å²) in [6.45, 7) is 0.358. The molecule has 0 saturated carbocycles. The van der Waals surface area contributed by atoms with Gasteiger partial charge in [0.05, 0.1) is 12.2 Å². The SMILES string of the molecule is Nc1nc2c(s1)C(c1ccc(F)cc1Cl)CC(=O)NC2. The molecule has 1 aliphatic heterocycles. The molecule has 0 spiro atoms. The van der Waals surface area contributed by atoms with Gasteiger partial charge >= 0.3 is 0 Å². The monoisotopic (exact) mass is 311 g/mol. The summed E-state index contributed by atoms with van der Waals surface area (Å²) in [7, 11) is 0. The third-order valence-corrected chi connectivity index (χ3v) is 4.61. The van der Waals surface area contributed by atoms with Crippen molar-refractivity contribution in [3.8, 4) is 0 Å². The standard InChI is InChI=1S/C13H11ClFN3OS/c14-9-3-6(15)1-2-7(9)8-4-11(19)17-5-10-12(8)20-13(16)18-10/h1-3,8H,4-5H2,(H2,16,18)(H,17,19). The Bertz CT molecular complexity index is 688. The zero-order valence-corrected chi connectivity index (χ0v) is 11.9. The molecule has 1 aromatic heterocycles. The molecule has 4 nitrogen and oxygen atoms in total. The number of fused-ring (bicyclic) bond motifs is 1. The molecule has 3 rings (SSSR count). The molecule has 2 aromatic rings. The first-order chi connectivity index (χ1) is 9.54. The van der Waals surface area contributed by atoms with Crippen molar-refractivity contribution in [2.24, 2.45) is 0 Å². The number of carbonyl (C=O) groups is 1. The molecule has 1 unspecified atom stereocenters. The summed E-state index contributed by atoms with van der Waals surface area (Å²) in [4.78, 5) is 17.0. The maximum atomic E-state index is 13.2. The smallest absolute Gasteiger partial charge is 0.221 e. The summed E-state index contributed by atoms with van der Waals surface area (Å²) in [5.41, 5.74) is 7.22. The van der Waals surface area contributed by atoms with E-state index < -0.39 is 5.82 Å². The number of amides is 1. The van der Waals surface area contributed by atoms with Crippen LogP contribution in [0.4, 0.5) is 9.52 Å². The van der Waals surface area contributed by atoms with Crippen LogP contribution in [0.1, 0.15) is 28.5 Å². The Morgan fingerprint density at radius 2 is 2.30 bits per heavy atom. The van der Waals surface area contributed by atoms with Crippen molar-refractivity contribution in [3.63, 3.8) is 0 Å². The number of aromatic nitrogens is 1. The largest absolute Gasteiger partial charge is 0.375 e. The van der Waals surface area contributed by atoms with Crippen molar-refractivity contribution in [2.75, 3.05) is 5.73 Å². The van der Waals surface area contributed by atoms with Gasteiger partial charge in [0.1, 0.15) is 5.82 Å². The quantitative estimate of drug-likeness (QED) is 0.851. The first kappa shape index (κ1) is 13.3. The van der Waals surface area contributed by atoms with Gasteiger partial charge in [-0.1, -0.05) is 17.7 Å². The number of thiazole rings is 1. The van der Waals surface area contributed by atoms with Crippen LogP contribution in [0.15, 0.2) is 18.2 Å². The second-order valence-electron chi connectivity index (χ2n) is 4.56. The predicted molar refractivity (Wildman–Crippen MR) is 76.2 cm³/mol. The number of nitrogens with one attached hydrogen (secondary N) is 1. The molecular weight excluding hydrogens is 301 g/mol. The van der Waals surface area contributed by atoms with Gasteiger partial charge < -0.3 is 11.1 Å². The zero-order valence-electron chi connectivity index (χ0n) is 10.3. The molecule has 0 radical (unpaired) electrons. The minimum absolute atomic E-state index is 0.0841. The van der Waals surface area contributed by atoms with E-state index in [2.05, 4.69) is 10.3 Å². The van der Waals surface area contributed by atoms with Crippen LogP contribution in [0.2, 0.25) is 5.02 Å². The predicted octanol–water partition coefficient (Wildman–Crippen LogP) is 2.67. The van der Waals surface area contributed by atoms with Crippen molar-refractivity contribution in [1.29, 1.82) is 0 Å². The Balaban J connectivity index is 2.12. The first-order valence-corrected chi connectivity index (χ1v) is 7.20. The van der Waals surface area contributed by atoms with Crippen molar-refractivity contribution in [1.82, 2.24) is 10.3 Å². The van der Waals surface area contributed by atoms with E-state index in [1.54, 1.807) is 6.07 Å². The maximum Gasteiger partial charge on any atom is 0.221 e. The van der Waals surface area contributed by atoms with Crippen LogP contribution < -0.4 is 11.1 Å². The second kappa shape index (κ2) is 5.03. The number of anilines is 1. The van der Waals surface area contributed by atoms with Crippen LogP contribution in [0, 0.1) is 5.82 Å². The number of halogens is 2. The average molecular weight is 312 g/mol. The summed E-state index contributed by atoms with van der Waals surface area (Å²) >= 11 is 7.46. The minimum Gasteiger partial charge on any atom is -0.375 e. The van der Waals surface area contributed by atoms with Gasteiger partial charge in [-0.2, -0.15) is 0 Å². The highest BCUT2D eigenvalue weighted by Crippen LogP contribution is 2.39. The normalized spacial score (nSPS) is 18.3. The fourth-order valence-electron chi connectivity index (χ4n) is 2.35. The molecule has 0 fully saturated rings. The van der Waals surface area contributed by atoms with Gasteiger partial charge in [-0.05, 0) is 17.7 Å². The number of benzene rings is 1. The van der Waals surface area contributed by atoms with E-state index in [1.807, 2.05) is 0 Å². The Morgan fingerprint density at radius 1 is 1.50 bits per heavy atom. The number of nitrogens with zero attached hydrogens (tertiary/aromatic N) is 1. The zero-order chi connectivity index (χ0) is 14.3. The number of hydrogen-bond acceptors (Lipinski definition) is 4. The Morgan fingerprint density at radius 3 is 3.05 bits per heavy atom. The average Bonchev–Trinajstić information content (AvgIpc) is 2.68. The highest BCUT2D eigenvalue weighted by Gasteiger charge is 2.29. The van der Waals surface area contributed by atoms with E-state index in [-0.39, 0.29) is 18.2 Å². The number of rotatable bonds is 1. The second-order valence-corrected chi connectivity index (χ2v) is 6.03. The molecule has 7 heteroatoms. The van der Waals surface area contributed by atoms with Gasteiger partial charge in [0.15, 0.2) is 5.13 Å². The Hall–Kier alpha value is -1.66. The third-order valence-electron chi connectivity index (χ3n) is 3.24. The molecule has 1 amide bonds. The van der Waals surface area contributed by atoms with E-state index in [9.17, 15) is 9.18 Å². The van der Waals surface area contributed by atoms with Crippen LogP contribution in [-0.2, 0) is 11.3 Å². The molecule has 1 atom stereocenters. The molecule has 104 valence electrons. The molecule has 2 heterocycles. The Kier molecular flexibility index (Phi) is 3.35. The van der Waals surface area contributed by atoms with Crippen LogP contribution in [0.3, 0.4) is 0 Å². The van der Waals surface area contributed by atoms with Gasteiger partial charge in [0.25, 0.3) is 0 Å². The summed E-state index contributed by atoms with van der Waals surface area (Å²) < 4.78 is 13.2. The first-order valence-electron chi connectivity index (χ1n) is 6.01. The van der Waals surface area contributed by atoms with Gasteiger partial charge in [-0.15, -0.1) is 11.3 Å². The van der Waals surface area contributed by atoms with E-state index in [0.717, 1.165) is 16.1 Å². The van der Waals surface area contributed by atoms with Crippen LogP contribution in [0.5, 0.6) is 0 Å². The van der Waals surface area contributed by atoms with Gasteiger partial charge in [-0.3, -0.25) is 4.79 Å². The lowest BCUT2D eigenvalue weighted by molar-refractivity contribution is -0.121. The van der Waals surface area contributed by atoms with Crippen molar-refractivity contribution in [3.05, 3.63) is 45.2 Å². The van der Waals surface area contributed by atoms with Crippen LogP contribution >= 0.6 is 22.9 Å². The fourth-order valence-corrected chi connectivity index (χ4v) is 3.62. The molecule has 0 bridgehead atoms. The summed E-state index contributed by atoms with van der Waals surface area (Å²) in [5.74, 6) is -0.726. The lowest BCUT2D eigenvalue weighted by atomic mass is 9.93. The topological polar surface area (TPSA) is 68.0 Å².